The summed E-state index contributed by atoms with van der Waals surface area (Å²) in [6.45, 7) is 1.93. The highest BCUT2D eigenvalue weighted by molar-refractivity contribution is 5.82. The van der Waals surface area contributed by atoms with E-state index < -0.39 is 18.0 Å². The van der Waals surface area contributed by atoms with Gasteiger partial charge < -0.3 is 15.7 Å². The molecule has 1 aliphatic carbocycles. The van der Waals surface area contributed by atoms with Crippen LogP contribution in [0.2, 0.25) is 0 Å². The molecule has 1 fully saturated rings. The van der Waals surface area contributed by atoms with Gasteiger partial charge in [0.2, 0.25) is 0 Å². The van der Waals surface area contributed by atoms with Crippen molar-refractivity contribution >= 4 is 12.0 Å². The minimum Gasteiger partial charge on any atom is -0.480 e. The van der Waals surface area contributed by atoms with Crippen molar-refractivity contribution < 1.29 is 14.7 Å². The standard InChI is InChI=1S/C15H24N2O3/c1-3-8-12(4-2)16-15(20)17-13(14(18)19)11-9-6-5-7-10-11/h1,11-13H,4-10H2,2H3,(H,18,19)(H2,16,17,20). The first kappa shape index (κ1) is 16.4. The van der Waals surface area contributed by atoms with E-state index in [0.29, 0.717) is 6.42 Å². The zero-order chi connectivity index (χ0) is 15.0. The Morgan fingerprint density at radius 3 is 2.45 bits per heavy atom. The molecule has 0 aromatic carbocycles. The quantitative estimate of drug-likeness (QED) is 0.652. The largest absolute Gasteiger partial charge is 0.480 e. The summed E-state index contributed by atoms with van der Waals surface area (Å²) in [6.07, 6.45) is 11.3. The lowest BCUT2D eigenvalue weighted by Crippen LogP contribution is -2.52. The monoisotopic (exact) mass is 280 g/mol. The number of rotatable bonds is 6. The van der Waals surface area contributed by atoms with Crippen LogP contribution in [0.15, 0.2) is 0 Å². The van der Waals surface area contributed by atoms with Gasteiger partial charge in [0.25, 0.3) is 0 Å². The van der Waals surface area contributed by atoms with E-state index in [-0.39, 0.29) is 12.0 Å². The molecule has 1 rings (SSSR count). The zero-order valence-electron chi connectivity index (χ0n) is 12.0. The first-order valence-corrected chi connectivity index (χ1v) is 7.31. The summed E-state index contributed by atoms with van der Waals surface area (Å²) in [5, 5.41) is 14.6. The average molecular weight is 280 g/mol. The molecular formula is C15H24N2O3. The summed E-state index contributed by atoms with van der Waals surface area (Å²) in [5.74, 6) is 1.57. The molecule has 0 spiro atoms. The van der Waals surface area contributed by atoms with Crippen molar-refractivity contribution in [3.05, 3.63) is 0 Å². The number of hydrogen-bond acceptors (Lipinski definition) is 2. The van der Waals surface area contributed by atoms with Gasteiger partial charge in [0.15, 0.2) is 0 Å². The molecule has 0 aromatic rings. The molecule has 0 aromatic heterocycles. The minimum absolute atomic E-state index is 0.0275. The van der Waals surface area contributed by atoms with E-state index in [1.54, 1.807) is 0 Å². The molecule has 5 heteroatoms. The maximum absolute atomic E-state index is 11.9. The molecule has 3 N–H and O–H groups in total. The highest BCUT2D eigenvalue weighted by atomic mass is 16.4. The maximum atomic E-state index is 11.9. The summed E-state index contributed by atoms with van der Waals surface area (Å²) in [4.78, 5) is 23.2. The number of aliphatic carboxylic acids is 1. The summed E-state index contributed by atoms with van der Waals surface area (Å²) >= 11 is 0. The predicted molar refractivity (Wildman–Crippen MR) is 77.2 cm³/mol. The molecule has 112 valence electrons. The van der Waals surface area contributed by atoms with Gasteiger partial charge in [-0.2, -0.15) is 0 Å². The van der Waals surface area contributed by atoms with Gasteiger partial charge in [-0.25, -0.2) is 9.59 Å². The molecule has 2 amide bonds. The highest BCUT2D eigenvalue weighted by Gasteiger charge is 2.30. The van der Waals surface area contributed by atoms with Crippen LogP contribution in [0.3, 0.4) is 0 Å². The van der Waals surface area contributed by atoms with Gasteiger partial charge in [0.05, 0.1) is 0 Å². The number of urea groups is 1. The topological polar surface area (TPSA) is 78.4 Å². The second-order valence-electron chi connectivity index (χ2n) is 5.35. The summed E-state index contributed by atoms with van der Waals surface area (Å²) in [5.41, 5.74) is 0. The van der Waals surface area contributed by atoms with Gasteiger partial charge in [0.1, 0.15) is 6.04 Å². The van der Waals surface area contributed by atoms with E-state index in [4.69, 9.17) is 6.42 Å². The number of amides is 2. The highest BCUT2D eigenvalue weighted by Crippen LogP contribution is 2.26. The maximum Gasteiger partial charge on any atom is 0.326 e. The molecule has 0 heterocycles. The number of carboxylic acids is 1. The Morgan fingerprint density at radius 2 is 1.95 bits per heavy atom. The number of terminal acetylenes is 1. The van der Waals surface area contributed by atoms with Crippen molar-refractivity contribution in [1.29, 1.82) is 0 Å². The number of nitrogens with one attached hydrogen (secondary N) is 2. The number of hydrogen-bond donors (Lipinski definition) is 3. The Morgan fingerprint density at radius 1 is 1.30 bits per heavy atom. The van der Waals surface area contributed by atoms with Crippen LogP contribution in [0.4, 0.5) is 4.79 Å². The molecule has 0 aliphatic heterocycles. The number of carbonyl (C=O) groups is 2. The molecule has 1 saturated carbocycles. The van der Waals surface area contributed by atoms with Gasteiger partial charge in [0, 0.05) is 12.5 Å². The van der Waals surface area contributed by atoms with E-state index in [1.807, 2.05) is 6.92 Å². The smallest absolute Gasteiger partial charge is 0.326 e. The van der Waals surface area contributed by atoms with E-state index in [0.717, 1.165) is 38.5 Å². The molecule has 20 heavy (non-hydrogen) atoms. The third-order valence-corrected chi connectivity index (χ3v) is 3.87. The van der Waals surface area contributed by atoms with Crippen molar-refractivity contribution in [1.82, 2.24) is 10.6 Å². The van der Waals surface area contributed by atoms with Crippen molar-refractivity contribution in [2.75, 3.05) is 0 Å². The van der Waals surface area contributed by atoms with Gasteiger partial charge in [-0.05, 0) is 25.2 Å². The first-order chi connectivity index (χ1) is 9.58. The summed E-state index contributed by atoms with van der Waals surface area (Å²) in [7, 11) is 0. The van der Waals surface area contributed by atoms with E-state index >= 15 is 0 Å². The normalized spacial score (nSPS) is 18.6. The van der Waals surface area contributed by atoms with Crippen LogP contribution in [0.5, 0.6) is 0 Å². The van der Waals surface area contributed by atoms with E-state index in [1.165, 1.54) is 0 Å². The van der Waals surface area contributed by atoms with E-state index in [2.05, 4.69) is 16.6 Å². The molecule has 0 bridgehead atoms. The third-order valence-electron chi connectivity index (χ3n) is 3.87. The zero-order valence-corrected chi connectivity index (χ0v) is 12.0. The van der Waals surface area contributed by atoms with Crippen LogP contribution < -0.4 is 10.6 Å². The van der Waals surface area contributed by atoms with Gasteiger partial charge >= 0.3 is 12.0 Å². The number of carbonyl (C=O) groups excluding carboxylic acids is 1. The lowest BCUT2D eigenvalue weighted by molar-refractivity contribution is -0.141. The minimum atomic E-state index is -0.961. The Labute approximate surface area is 120 Å². The van der Waals surface area contributed by atoms with Crippen LogP contribution in [0.1, 0.15) is 51.9 Å². The predicted octanol–water partition coefficient (Wildman–Crippen LogP) is 2.12. The van der Waals surface area contributed by atoms with Gasteiger partial charge in [-0.3, -0.25) is 0 Å². The fraction of sp³-hybridized carbons (Fsp3) is 0.733. The molecule has 0 saturated heterocycles. The van der Waals surface area contributed by atoms with Gasteiger partial charge in [-0.15, -0.1) is 12.3 Å². The molecule has 0 radical (unpaired) electrons. The number of carboxylic acid groups (broad SMARTS) is 1. The van der Waals surface area contributed by atoms with Crippen LogP contribution >= 0.6 is 0 Å². The SMILES string of the molecule is C#CCC(CC)NC(=O)NC(C(=O)O)C1CCCCC1. The molecular weight excluding hydrogens is 256 g/mol. The Kier molecular flexibility index (Phi) is 6.92. The van der Waals surface area contributed by atoms with E-state index in [9.17, 15) is 14.7 Å². The second kappa shape index (κ2) is 8.47. The Balaban J connectivity index is 2.54. The second-order valence-corrected chi connectivity index (χ2v) is 5.35. The van der Waals surface area contributed by atoms with Crippen molar-refractivity contribution in [3.63, 3.8) is 0 Å². The Bertz CT molecular complexity index is 370. The Hall–Kier alpha value is -1.70. The van der Waals surface area contributed by atoms with Crippen LogP contribution in [0.25, 0.3) is 0 Å². The van der Waals surface area contributed by atoms with Crippen LogP contribution in [-0.2, 0) is 4.79 Å². The lowest BCUT2D eigenvalue weighted by Gasteiger charge is -2.28. The fourth-order valence-corrected chi connectivity index (χ4v) is 2.66. The lowest BCUT2D eigenvalue weighted by atomic mass is 9.84. The molecule has 2 atom stereocenters. The summed E-state index contributed by atoms with van der Waals surface area (Å²) in [6, 6.07) is -1.36. The van der Waals surface area contributed by atoms with Crippen molar-refractivity contribution in [3.8, 4) is 12.3 Å². The fourth-order valence-electron chi connectivity index (χ4n) is 2.66. The first-order valence-electron chi connectivity index (χ1n) is 7.31. The summed E-state index contributed by atoms with van der Waals surface area (Å²) < 4.78 is 0. The molecule has 5 nitrogen and oxygen atoms in total. The van der Waals surface area contributed by atoms with Crippen molar-refractivity contribution in [2.24, 2.45) is 5.92 Å². The molecule has 1 aliphatic rings. The average Bonchev–Trinajstić information content (AvgIpc) is 2.45. The van der Waals surface area contributed by atoms with Gasteiger partial charge in [-0.1, -0.05) is 26.2 Å². The molecule has 2 unspecified atom stereocenters. The third kappa shape index (κ3) is 5.12. The van der Waals surface area contributed by atoms with Crippen molar-refractivity contribution in [2.45, 2.75) is 64.0 Å². The van der Waals surface area contributed by atoms with Crippen LogP contribution in [0, 0.1) is 18.3 Å². The van der Waals surface area contributed by atoms with Crippen LogP contribution in [-0.4, -0.2) is 29.2 Å².